The Morgan fingerprint density at radius 1 is 1.12 bits per heavy atom. The molecule has 130 valence electrons. The number of anilines is 1. The minimum Gasteiger partial charge on any atom is -0.325 e. The van der Waals surface area contributed by atoms with Crippen molar-refractivity contribution in [1.82, 2.24) is 4.31 Å². The number of hydrogen-bond donors (Lipinski definition) is 1. The van der Waals surface area contributed by atoms with Crippen LogP contribution in [0.4, 0.5) is 5.69 Å². The maximum Gasteiger partial charge on any atom is 0.239 e. The van der Waals surface area contributed by atoms with Crippen LogP contribution in [0, 0.1) is 11.3 Å². The molecule has 0 aliphatic carbocycles. The Hall–Kier alpha value is -2.69. The number of benzene rings is 2. The number of nitrogens with zero attached hydrogens (tertiary/aromatic N) is 2. The summed E-state index contributed by atoms with van der Waals surface area (Å²) in [7, 11) is -3.50. The number of sulfonamides is 1. The van der Waals surface area contributed by atoms with Crippen molar-refractivity contribution in [2.45, 2.75) is 6.42 Å². The molecule has 0 aliphatic heterocycles. The molecular formula is C18H19N3O3S. The monoisotopic (exact) mass is 357 g/mol. The molecule has 6 nitrogen and oxygen atoms in total. The Morgan fingerprint density at radius 3 is 2.32 bits per heavy atom. The van der Waals surface area contributed by atoms with Gasteiger partial charge in [0.1, 0.15) is 0 Å². The summed E-state index contributed by atoms with van der Waals surface area (Å²) in [6.07, 6.45) is 1.62. The Balaban J connectivity index is 1.98. The Morgan fingerprint density at radius 2 is 1.76 bits per heavy atom. The minimum absolute atomic E-state index is 0.226. The van der Waals surface area contributed by atoms with E-state index >= 15 is 0 Å². The minimum atomic E-state index is -3.50. The molecule has 2 aromatic rings. The smallest absolute Gasteiger partial charge is 0.239 e. The fraction of sp³-hybridized carbons (Fsp3) is 0.222. The zero-order valence-corrected chi connectivity index (χ0v) is 14.7. The summed E-state index contributed by atoms with van der Waals surface area (Å²) in [5.74, 6) is -0.428. The third kappa shape index (κ3) is 6.03. The van der Waals surface area contributed by atoms with Gasteiger partial charge in [0.25, 0.3) is 0 Å². The number of carbonyl (C=O) groups is 1. The molecule has 1 amide bonds. The third-order valence-corrected chi connectivity index (χ3v) is 4.83. The van der Waals surface area contributed by atoms with E-state index in [9.17, 15) is 13.2 Å². The topological polar surface area (TPSA) is 90.3 Å². The number of hydrogen-bond acceptors (Lipinski definition) is 4. The average Bonchev–Trinajstić information content (AvgIpc) is 2.59. The average molecular weight is 357 g/mol. The van der Waals surface area contributed by atoms with Gasteiger partial charge in [0.2, 0.25) is 15.9 Å². The lowest BCUT2D eigenvalue weighted by atomic mass is 10.1. The second-order valence-electron chi connectivity index (χ2n) is 5.57. The van der Waals surface area contributed by atoms with Crippen LogP contribution in [0.25, 0.3) is 0 Å². The highest BCUT2D eigenvalue weighted by Crippen LogP contribution is 2.10. The second-order valence-corrected chi connectivity index (χ2v) is 7.55. The first-order valence-electron chi connectivity index (χ1n) is 7.67. The van der Waals surface area contributed by atoms with Crippen LogP contribution in [0.2, 0.25) is 0 Å². The van der Waals surface area contributed by atoms with E-state index in [1.54, 1.807) is 24.3 Å². The van der Waals surface area contributed by atoms with Gasteiger partial charge in [0, 0.05) is 12.2 Å². The number of nitriles is 1. The molecule has 0 bridgehead atoms. The number of nitrogens with one attached hydrogen (secondary N) is 1. The molecule has 0 heterocycles. The van der Waals surface area contributed by atoms with E-state index in [1.165, 1.54) is 0 Å². The van der Waals surface area contributed by atoms with Gasteiger partial charge >= 0.3 is 0 Å². The van der Waals surface area contributed by atoms with Gasteiger partial charge in [-0.1, -0.05) is 30.3 Å². The number of amides is 1. The summed E-state index contributed by atoms with van der Waals surface area (Å²) in [5.41, 5.74) is 2.00. The molecule has 2 rings (SSSR count). The maximum absolute atomic E-state index is 12.2. The molecule has 0 spiro atoms. The fourth-order valence-electron chi connectivity index (χ4n) is 2.25. The van der Waals surface area contributed by atoms with Crippen LogP contribution in [-0.4, -0.2) is 38.0 Å². The van der Waals surface area contributed by atoms with Gasteiger partial charge in [-0.2, -0.15) is 9.57 Å². The lowest BCUT2D eigenvalue weighted by Crippen LogP contribution is -2.38. The normalized spacial score (nSPS) is 11.1. The lowest BCUT2D eigenvalue weighted by Gasteiger charge is -2.19. The second kappa shape index (κ2) is 8.42. The predicted molar refractivity (Wildman–Crippen MR) is 96.3 cm³/mol. The van der Waals surface area contributed by atoms with E-state index in [-0.39, 0.29) is 13.1 Å². The van der Waals surface area contributed by atoms with Crippen molar-refractivity contribution >= 4 is 21.6 Å². The van der Waals surface area contributed by atoms with Crippen LogP contribution in [0.3, 0.4) is 0 Å². The summed E-state index contributed by atoms with van der Waals surface area (Å²) in [6, 6.07) is 17.9. The van der Waals surface area contributed by atoms with Gasteiger partial charge in [-0.25, -0.2) is 8.42 Å². The third-order valence-electron chi connectivity index (χ3n) is 3.58. The van der Waals surface area contributed by atoms with Gasteiger partial charge in [0.05, 0.1) is 24.4 Å². The molecular weight excluding hydrogens is 338 g/mol. The molecule has 0 aromatic heterocycles. The largest absolute Gasteiger partial charge is 0.325 e. The van der Waals surface area contributed by atoms with Crippen LogP contribution < -0.4 is 5.32 Å². The zero-order valence-electron chi connectivity index (χ0n) is 13.8. The van der Waals surface area contributed by atoms with Crippen LogP contribution >= 0.6 is 0 Å². The Labute approximate surface area is 147 Å². The van der Waals surface area contributed by atoms with E-state index in [0.717, 1.165) is 16.1 Å². The van der Waals surface area contributed by atoms with Crippen molar-refractivity contribution in [2.24, 2.45) is 0 Å². The highest BCUT2D eigenvalue weighted by molar-refractivity contribution is 7.88. The number of carbonyl (C=O) groups excluding carboxylic acids is 1. The lowest BCUT2D eigenvalue weighted by molar-refractivity contribution is -0.116. The van der Waals surface area contributed by atoms with Crippen molar-refractivity contribution in [2.75, 3.05) is 24.7 Å². The van der Waals surface area contributed by atoms with Gasteiger partial charge in [-0.05, 0) is 36.2 Å². The van der Waals surface area contributed by atoms with Gasteiger partial charge in [-0.15, -0.1) is 0 Å². The molecule has 0 radical (unpaired) electrons. The van der Waals surface area contributed by atoms with E-state index in [1.807, 2.05) is 36.4 Å². The molecule has 7 heteroatoms. The molecule has 0 saturated heterocycles. The van der Waals surface area contributed by atoms with Gasteiger partial charge in [-0.3, -0.25) is 4.79 Å². The first-order chi connectivity index (χ1) is 11.9. The molecule has 1 N–H and O–H groups in total. The molecule has 2 aromatic carbocycles. The summed E-state index contributed by atoms with van der Waals surface area (Å²) in [5, 5.41) is 11.4. The molecule has 0 atom stereocenters. The van der Waals surface area contributed by atoms with Gasteiger partial charge in [0.15, 0.2) is 0 Å². The Bertz CT molecular complexity index is 857. The highest BCUT2D eigenvalue weighted by atomic mass is 32.2. The van der Waals surface area contributed by atoms with E-state index in [4.69, 9.17) is 5.26 Å². The molecule has 0 saturated carbocycles. The number of rotatable bonds is 7. The van der Waals surface area contributed by atoms with Crippen molar-refractivity contribution in [3.63, 3.8) is 0 Å². The molecule has 0 aliphatic rings. The summed E-state index contributed by atoms with van der Waals surface area (Å²) in [6.45, 7) is -0.0324. The van der Waals surface area contributed by atoms with Crippen LogP contribution in [0.1, 0.15) is 11.1 Å². The first-order valence-corrected chi connectivity index (χ1v) is 9.52. The summed E-state index contributed by atoms with van der Waals surface area (Å²) < 4.78 is 25.0. The zero-order chi connectivity index (χ0) is 18.3. The van der Waals surface area contributed by atoms with Crippen molar-refractivity contribution in [1.29, 1.82) is 5.26 Å². The Kier molecular flexibility index (Phi) is 6.28. The van der Waals surface area contributed by atoms with E-state index in [2.05, 4.69) is 5.32 Å². The van der Waals surface area contributed by atoms with Crippen LogP contribution in [0.15, 0.2) is 54.6 Å². The molecule has 25 heavy (non-hydrogen) atoms. The summed E-state index contributed by atoms with van der Waals surface area (Å²) in [4.78, 5) is 12.2. The maximum atomic E-state index is 12.2. The molecule has 0 fully saturated rings. The fourth-order valence-corrected chi connectivity index (χ4v) is 3.02. The van der Waals surface area contributed by atoms with Crippen LogP contribution in [-0.2, 0) is 21.2 Å². The van der Waals surface area contributed by atoms with E-state index in [0.29, 0.717) is 17.7 Å². The van der Waals surface area contributed by atoms with Crippen LogP contribution in [0.5, 0.6) is 0 Å². The summed E-state index contributed by atoms with van der Waals surface area (Å²) >= 11 is 0. The standard InChI is InChI=1S/C18H19N3O3S/c1-25(23,24)21(12-11-15-5-3-2-4-6-15)14-18(22)20-17-9-7-16(13-19)8-10-17/h2-10H,11-12,14H2,1H3,(H,20,22). The van der Waals surface area contributed by atoms with Crippen molar-refractivity contribution in [3.05, 3.63) is 65.7 Å². The van der Waals surface area contributed by atoms with Crippen molar-refractivity contribution < 1.29 is 13.2 Å². The molecule has 0 unspecified atom stereocenters. The van der Waals surface area contributed by atoms with Gasteiger partial charge < -0.3 is 5.32 Å². The van der Waals surface area contributed by atoms with E-state index < -0.39 is 15.9 Å². The van der Waals surface area contributed by atoms with Crippen molar-refractivity contribution in [3.8, 4) is 6.07 Å². The first kappa shape index (κ1) is 18.6. The quantitative estimate of drug-likeness (QED) is 0.820. The SMILES string of the molecule is CS(=O)(=O)N(CCc1ccccc1)CC(=O)Nc1ccc(C#N)cc1. The highest BCUT2D eigenvalue weighted by Gasteiger charge is 2.20. The predicted octanol–water partition coefficient (Wildman–Crippen LogP) is 2.00.